The van der Waals surface area contributed by atoms with Crippen molar-refractivity contribution in [1.29, 1.82) is 0 Å². The van der Waals surface area contributed by atoms with E-state index in [4.69, 9.17) is 5.11 Å². The molecule has 5 heteroatoms. The van der Waals surface area contributed by atoms with Crippen LogP contribution in [-0.2, 0) is 4.79 Å². The number of anilines is 1. The molecule has 0 aliphatic carbocycles. The van der Waals surface area contributed by atoms with E-state index in [1.807, 2.05) is 6.92 Å². The van der Waals surface area contributed by atoms with Gasteiger partial charge in [-0.25, -0.2) is 4.39 Å². The average Bonchev–Trinajstić information content (AvgIpc) is 2.21. The van der Waals surface area contributed by atoms with E-state index in [2.05, 4.69) is 21.2 Å². The normalized spacial score (nSPS) is 11.4. The molecule has 0 fully saturated rings. The lowest BCUT2D eigenvalue weighted by Crippen LogP contribution is -2.31. The molecule has 17 heavy (non-hydrogen) atoms. The lowest BCUT2D eigenvalue weighted by atomic mass is 9.93. The Kier molecular flexibility index (Phi) is 4.14. The number of carboxylic acids is 1. The highest BCUT2D eigenvalue weighted by Gasteiger charge is 2.26. The van der Waals surface area contributed by atoms with Crippen molar-refractivity contribution in [2.75, 3.05) is 11.9 Å². The SMILES string of the molecule is Cc1cc(Br)c(F)cc1NCC(C)(C)C(=O)O. The summed E-state index contributed by atoms with van der Waals surface area (Å²) in [5.41, 5.74) is 0.579. The minimum absolute atomic E-state index is 0.240. The van der Waals surface area contributed by atoms with Gasteiger partial charge in [-0.15, -0.1) is 0 Å². The van der Waals surface area contributed by atoms with Crippen LogP contribution in [0.15, 0.2) is 16.6 Å². The van der Waals surface area contributed by atoms with Gasteiger partial charge in [0.05, 0.1) is 9.89 Å². The van der Waals surface area contributed by atoms with Gasteiger partial charge in [-0.3, -0.25) is 4.79 Å². The number of nitrogens with one attached hydrogen (secondary N) is 1. The van der Waals surface area contributed by atoms with E-state index < -0.39 is 11.4 Å². The van der Waals surface area contributed by atoms with Crippen LogP contribution in [0.2, 0.25) is 0 Å². The molecule has 0 amide bonds. The minimum atomic E-state index is -0.893. The van der Waals surface area contributed by atoms with Crippen LogP contribution in [-0.4, -0.2) is 17.6 Å². The summed E-state index contributed by atoms with van der Waals surface area (Å²) in [7, 11) is 0. The van der Waals surface area contributed by atoms with E-state index in [0.29, 0.717) is 10.2 Å². The maximum Gasteiger partial charge on any atom is 0.310 e. The van der Waals surface area contributed by atoms with Crippen LogP contribution in [0.25, 0.3) is 0 Å². The fraction of sp³-hybridized carbons (Fsp3) is 0.417. The monoisotopic (exact) mass is 303 g/mol. The number of halogens is 2. The Morgan fingerprint density at radius 3 is 2.65 bits per heavy atom. The summed E-state index contributed by atoms with van der Waals surface area (Å²) < 4.78 is 13.7. The quantitative estimate of drug-likeness (QED) is 0.896. The van der Waals surface area contributed by atoms with Crippen molar-refractivity contribution in [3.63, 3.8) is 0 Å². The lowest BCUT2D eigenvalue weighted by Gasteiger charge is -2.21. The van der Waals surface area contributed by atoms with E-state index >= 15 is 0 Å². The number of carbonyl (C=O) groups is 1. The molecule has 0 aliphatic rings. The van der Waals surface area contributed by atoms with E-state index in [-0.39, 0.29) is 12.4 Å². The largest absolute Gasteiger partial charge is 0.481 e. The molecule has 0 saturated carbocycles. The number of benzene rings is 1. The Balaban J connectivity index is 2.83. The van der Waals surface area contributed by atoms with Gasteiger partial charge in [0.1, 0.15) is 5.82 Å². The Morgan fingerprint density at radius 2 is 2.12 bits per heavy atom. The zero-order valence-electron chi connectivity index (χ0n) is 9.97. The molecule has 1 aromatic rings. The van der Waals surface area contributed by atoms with Crippen LogP contribution in [0.4, 0.5) is 10.1 Å². The molecule has 0 unspecified atom stereocenters. The summed E-state index contributed by atoms with van der Waals surface area (Å²) in [6.07, 6.45) is 0. The first-order valence-electron chi connectivity index (χ1n) is 5.17. The van der Waals surface area contributed by atoms with E-state index in [1.165, 1.54) is 6.07 Å². The number of aliphatic carboxylic acids is 1. The second-order valence-electron chi connectivity index (χ2n) is 4.62. The zero-order valence-corrected chi connectivity index (χ0v) is 11.6. The van der Waals surface area contributed by atoms with Gasteiger partial charge in [0.2, 0.25) is 0 Å². The highest BCUT2D eigenvalue weighted by atomic mass is 79.9. The van der Waals surface area contributed by atoms with Gasteiger partial charge in [0.15, 0.2) is 0 Å². The standard InChI is InChI=1S/C12H15BrFNO2/c1-7-4-8(13)9(14)5-10(7)15-6-12(2,3)11(16)17/h4-5,15H,6H2,1-3H3,(H,16,17). The van der Waals surface area contributed by atoms with Crippen LogP contribution in [0, 0.1) is 18.2 Å². The molecule has 0 saturated heterocycles. The topological polar surface area (TPSA) is 49.3 Å². The molecule has 0 heterocycles. The van der Waals surface area contributed by atoms with E-state index in [9.17, 15) is 9.18 Å². The van der Waals surface area contributed by atoms with Gasteiger partial charge in [-0.05, 0) is 54.4 Å². The predicted octanol–water partition coefficient (Wildman–Crippen LogP) is 3.42. The molecule has 0 aliphatic heterocycles. The Morgan fingerprint density at radius 1 is 1.53 bits per heavy atom. The van der Waals surface area contributed by atoms with Crippen molar-refractivity contribution in [2.45, 2.75) is 20.8 Å². The fourth-order valence-electron chi connectivity index (χ4n) is 1.23. The van der Waals surface area contributed by atoms with Gasteiger partial charge in [-0.1, -0.05) is 0 Å². The zero-order chi connectivity index (χ0) is 13.2. The third-order valence-corrected chi connectivity index (χ3v) is 3.17. The third kappa shape index (κ3) is 3.43. The molecule has 94 valence electrons. The van der Waals surface area contributed by atoms with Gasteiger partial charge >= 0.3 is 5.97 Å². The summed E-state index contributed by atoms with van der Waals surface area (Å²) in [5.74, 6) is -1.26. The second-order valence-corrected chi connectivity index (χ2v) is 5.48. The van der Waals surface area contributed by atoms with Gasteiger partial charge < -0.3 is 10.4 Å². The summed E-state index contributed by atoms with van der Waals surface area (Å²) >= 11 is 3.10. The minimum Gasteiger partial charge on any atom is -0.481 e. The van der Waals surface area contributed by atoms with Crippen LogP contribution < -0.4 is 5.32 Å². The van der Waals surface area contributed by atoms with Crippen molar-refractivity contribution in [1.82, 2.24) is 0 Å². The van der Waals surface area contributed by atoms with E-state index in [1.54, 1.807) is 19.9 Å². The van der Waals surface area contributed by atoms with Crippen molar-refractivity contribution < 1.29 is 14.3 Å². The molecule has 0 aromatic heterocycles. The Labute approximate surface area is 108 Å². The molecule has 0 radical (unpaired) electrons. The van der Waals surface area contributed by atoms with Crippen LogP contribution in [0.3, 0.4) is 0 Å². The summed E-state index contributed by atoms with van der Waals surface area (Å²) in [6, 6.07) is 3.02. The fourth-order valence-corrected chi connectivity index (χ4v) is 1.69. The number of rotatable bonds is 4. The molecule has 3 nitrogen and oxygen atoms in total. The lowest BCUT2D eigenvalue weighted by molar-refractivity contribution is -0.146. The van der Waals surface area contributed by atoms with Crippen molar-refractivity contribution >= 4 is 27.6 Å². The van der Waals surface area contributed by atoms with Crippen molar-refractivity contribution in [3.8, 4) is 0 Å². The average molecular weight is 304 g/mol. The highest BCUT2D eigenvalue weighted by molar-refractivity contribution is 9.10. The molecule has 0 atom stereocenters. The Hall–Kier alpha value is -1.10. The van der Waals surface area contributed by atoms with Crippen LogP contribution in [0.5, 0.6) is 0 Å². The van der Waals surface area contributed by atoms with Crippen molar-refractivity contribution in [2.24, 2.45) is 5.41 Å². The number of hydrogen-bond donors (Lipinski definition) is 2. The molecule has 0 spiro atoms. The van der Waals surface area contributed by atoms with E-state index in [0.717, 1.165) is 5.56 Å². The molecular weight excluding hydrogens is 289 g/mol. The van der Waals surface area contributed by atoms with Crippen molar-refractivity contribution in [3.05, 3.63) is 28.0 Å². The molecule has 2 N–H and O–H groups in total. The molecule has 1 rings (SSSR count). The van der Waals surface area contributed by atoms with Gasteiger partial charge in [0.25, 0.3) is 0 Å². The first kappa shape index (κ1) is 14.0. The van der Waals surface area contributed by atoms with Gasteiger partial charge in [-0.2, -0.15) is 0 Å². The van der Waals surface area contributed by atoms with Crippen LogP contribution in [0.1, 0.15) is 19.4 Å². The maximum atomic E-state index is 13.3. The smallest absolute Gasteiger partial charge is 0.310 e. The number of carboxylic acid groups (broad SMARTS) is 1. The third-order valence-electron chi connectivity index (χ3n) is 2.57. The molecular formula is C12H15BrFNO2. The Bertz CT molecular complexity index is 446. The first-order chi connectivity index (χ1) is 7.74. The number of hydrogen-bond acceptors (Lipinski definition) is 2. The highest BCUT2D eigenvalue weighted by Crippen LogP contribution is 2.25. The first-order valence-corrected chi connectivity index (χ1v) is 5.96. The molecule has 1 aromatic carbocycles. The maximum absolute atomic E-state index is 13.3. The predicted molar refractivity (Wildman–Crippen MR) is 68.7 cm³/mol. The molecule has 0 bridgehead atoms. The summed E-state index contributed by atoms with van der Waals surface area (Å²) in [5, 5.41) is 11.9. The summed E-state index contributed by atoms with van der Waals surface area (Å²) in [4.78, 5) is 10.9. The second kappa shape index (κ2) is 5.04. The summed E-state index contributed by atoms with van der Waals surface area (Å²) in [6.45, 7) is 5.31. The number of aryl methyl sites for hydroxylation is 1. The van der Waals surface area contributed by atoms with Gasteiger partial charge in [0, 0.05) is 12.2 Å². The van der Waals surface area contributed by atoms with Crippen LogP contribution >= 0.6 is 15.9 Å².